The fourth-order valence-electron chi connectivity index (χ4n) is 1.12. The van der Waals surface area contributed by atoms with E-state index in [1.54, 1.807) is 6.92 Å². The van der Waals surface area contributed by atoms with Crippen LogP contribution in [0.15, 0.2) is 0 Å². The van der Waals surface area contributed by atoms with Gasteiger partial charge in [0.1, 0.15) is 0 Å². The van der Waals surface area contributed by atoms with Gasteiger partial charge in [0.2, 0.25) is 0 Å². The molecule has 0 bridgehead atoms. The Morgan fingerprint density at radius 1 is 1.18 bits per heavy atom. The average molecular weight is 236 g/mol. The number of ether oxygens (including phenoxy) is 2. The molecule has 17 heavy (non-hydrogen) atoms. The molecule has 0 rings (SSSR count). The van der Waals surface area contributed by atoms with Gasteiger partial charge in [-0.25, -0.2) is 0 Å². The van der Waals surface area contributed by atoms with Crippen molar-refractivity contribution in [3.05, 3.63) is 0 Å². The molecule has 0 fully saturated rings. The zero-order chi connectivity index (χ0) is 13.1. The second kappa shape index (κ2) is 9.30. The Morgan fingerprint density at radius 3 is 2.35 bits per heavy atom. The summed E-state index contributed by atoms with van der Waals surface area (Å²) in [5, 5.41) is 0. The standard InChI is InChI=1S/C13H16O4/c1-4-9-16-12(14)8-6-7-11(3)13(15)17-10-5-2/h1-2,11H,6-10H2,3H3. The summed E-state index contributed by atoms with van der Waals surface area (Å²) < 4.78 is 9.44. The van der Waals surface area contributed by atoms with Crippen LogP contribution in [0.1, 0.15) is 26.2 Å². The third-order valence-electron chi connectivity index (χ3n) is 2.03. The van der Waals surface area contributed by atoms with E-state index in [9.17, 15) is 9.59 Å². The molecule has 0 saturated carbocycles. The summed E-state index contributed by atoms with van der Waals surface area (Å²) in [5.74, 6) is 3.44. The normalized spacial score (nSPS) is 10.8. The van der Waals surface area contributed by atoms with Gasteiger partial charge in [0.05, 0.1) is 5.92 Å². The van der Waals surface area contributed by atoms with Crippen molar-refractivity contribution in [1.82, 2.24) is 0 Å². The van der Waals surface area contributed by atoms with Gasteiger partial charge in [-0.15, -0.1) is 12.8 Å². The van der Waals surface area contributed by atoms with Crippen LogP contribution >= 0.6 is 0 Å². The van der Waals surface area contributed by atoms with E-state index in [1.807, 2.05) is 0 Å². The maximum atomic E-state index is 11.3. The van der Waals surface area contributed by atoms with E-state index in [-0.39, 0.29) is 37.5 Å². The Hall–Kier alpha value is -1.94. The number of carbonyl (C=O) groups is 2. The first-order chi connectivity index (χ1) is 8.11. The van der Waals surface area contributed by atoms with Gasteiger partial charge in [-0.1, -0.05) is 18.8 Å². The van der Waals surface area contributed by atoms with Crippen molar-refractivity contribution in [2.24, 2.45) is 5.92 Å². The van der Waals surface area contributed by atoms with E-state index in [1.165, 1.54) is 0 Å². The highest BCUT2D eigenvalue weighted by Crippen LogP contribution is 2.10. The molecule has 0 amide bonds. The third-order valence-corrected chi connectivity index (χ3v) is 2.03. The van der Waals surface area contributed by atoms with E-state index in [4.69, 9.17) is 17.6 Å². The Labute approximate surface area is 102 Å². The van der Waals surface area contributed by atoms with E-state index >= 15 is 0 Å². The van der Waals surface area contributed by atoms with E-state index in [0.717, 1.165) is 0 Å². The Kier molecular flexibility index (Phi) is 8.24. The van der Waals surface area contributed by atoms with Crippen LogP contribution in [0, 0.1) is 30.6 Å². The first-order valence-electron chi connectivity index (χ1n) is 5.31. The highest BCUT2D eigenvalue weighted by Gasteiger charge is 2.14. The predicted octanol–water partition coefficient (Wildman–Crippen LogP) is 1.15. The second-order valence-electron chi connectivity index (χ2n) is 3.47. The number of hydrogen-bond acceptors (Lipinski definition) is 4. The summed E-state index contributed by atoms with van der Waals surface area (Å²) in [6.45, 7) is 1.69. The van der Waals surface area contributed by atoms with Crippen LogP contribution in [0.3, 0.4) is 0 Å². The topological polar surface area (TPSA) is 52.6 Å². The number of esters is 2. The molecule has 0 aliphatic carbocycles. The number of carbonyl (C=O) groups excluding carboxylic acids is 2. The van der Waals surface area contributed by atoms with Gasteiger partial charge in [-0.2, -0.15) is 0 Å². The lowest BCUT2D eigenvalue weighted by molar-refractivity contribution is -0.147. The largest absolute Gasteiger partial charge is 0.452 e. The zero-order valence-corrected chi connectivity index (χ0v) is 9.90. The van der Waals surface area contributed by atoms with Gasteiger partial charge in [0.15, 0.2) is 13.2 Å². The minimum absolute atomic E-state index is 0.0153. The van der Waals surface area contributed by atoms with Crippen LogP contribution in [0.5, 0.6) is 0 Å². The van der Waals surface area contributed by atoms with Crippen molar-refractivity contribution in [1.29, 1.82) is 0 Å². The Morgan fingerprint density at radius 2 is 1.76 bits per heavy atom. The lowest BCUT2D eigenvalue weighted by Crippen LogP contribution is -2.15. The summed E-state index contributed by atoms with van der Waals surface area (Å²) in [6.07, 6.45) is 11.2. The summed E-state index contributed by atoms with van der Waals surface area (Å²) in [4.78, 5) is 22.4. The first kappa shape index (κ1) is 15.1. The molecule has 92 valence electrons. The molecule has 0 saturated heterocycles. The van der Waals surface area contributed by atoms with Gasteiger partial charge in [0.25, 0.3) is 0 Å². The average Bonchev–Trinajstić information content (AvgIpc) is 2.33. The van der Waals surface area contributed by atoms with E-state index in [2.05, 4.69) is 16.6 Å². The van der Waals surface area contributed by atoms with Crippen molar-refractivity contribution in [3.8, 4) is 24.7 Å². The first-order valence-corrected chi connectivity index (χ1v) is 5.31. The molecule has 1 unspecified atom stereocenters. The minimum Gasteiger partial charge on any atom is -0.452 e. The quantitative estimate of drug-likeness (QED) is 0.491. The Bertz CT molecular complexity index is 332. The van der Waals surface area contributed by atoms with Crippen LogP contribution < -0.4 is 0 Å². The van der Waals surface area contributed by atoms with Crippen LogP contribution in [-0.4, -0.2) is 25.2 Å². The van der Waals surface area contributed by atoms with E-state index < -0.39 is 0 Å². The third kappa shape index (κ3) is 7.93. The van der Waals surface area contributed by atoms with Gasteiger partial charge >= 0.3 is 11.9 Å². The fraction of sp³-hybridized carbons (Fsp3) is 0.538. The predicted molar refractivity (Wildman–Crippen MR) is 62.6 cm³/mol. The Balaban J connectivity index is 3.67. The number of terminal acetylenes is 2. The molecule has 4 nitrogen and oxygen atoms in total. The highest BCUT2D eigenvalue weighted by atomic mass is 16.5. The van der Waals surface area contributed by atoms with Crippen molar-refractivity contribution >= 4 is 11.9 Å². The highest BCUT2D eigenvalue weighted by molar-refractivity contribution is 5.72. The van der Waals surface area contributed by atoms with Crippen molar-refractivity contribution in [2.75, 3.05) is 13.2 Å². The van der Waals surface area contributed by atoms with Gasteiger partial charge in [0, 0.05) is 6.42 Å². The van der Waals surface area contributed by atoms with Crippen LogP contribution in [0.2, 0.25) is 0 Å². The summed E-state index contributed by atoms with van der Waals surface area (Å²) in [6, 6.07) is 0. The molecule has 0 heterocycles. The fourth-order valence-corrected chi connectivity index (χ4v) is 1.12. The van der Waals surface area contributed by atoms with Crippen molar-refractivity contribution < 1.29 is 19.1 Å². The SMILES string of the molecule is C#CCOC(=O)CCCC(C)C(=O)OCC#C. The van der Waals surface area contributed by atoms with Crippen LogP contribution in [0.25, 0.3) is 0 Å². The summed E-state index contributed by atoms with van der Waals surface area (Å²) in [5.41, 5.74) is 0. The van der Waals surface area contributed by atoms with Crippen LogP contribution in [-0.2, 0) is 19.1 Å². The number of rotatable bonds is 7. The molecular weight excluding hydrogens is 220 g/mol. The van der Waals surface area contributed by atoms with Gasteiger partial charge in [-0.3, -0.25) is 9.59 Å². The monoisotopic (exact) mass is 236 g/mol. The molecular formula is C13H16O4. The molecule has 1 atom stereocenters. The van der Waals surface area contributed by atoms with Gasteiger partial charge in [-0.05, 0) is 12.8 Å². The maximum absolute atomic E-state index is 11.3. The molecule has 0 aromatic rings. The smallest absolute Gasteiger partial charge is 0.309 e. The number of hydrogen-bond donors (Lipinski definition) is 0. The lowest BCUT2D eigenvalue weighted by atomic mass is 10.0. The second-order valence-corrected chi connectivity index (χ2v) is 3.47. The molecule has 0 radical (unpaired) electrons. The van der Waals surface area contributed by atoms with Crippen LogP contribution in [0.4, 0.5) is 0 Å². The molecule has 0 aliphatic rings. The molecule has 0 N–H and O–H groups in total. The summed E-state index contributed by atoms with van der Waals surface area (Å²) in [7, 11) is 0. The minimum atomic E-state index is -0.354. The maximum Gasteiger partial charge on any atom is 0.309 e. The van der Waals surface area contributed by atoms with Crippen molar-refractivity contribution in [2.45, 2.75) is 26.2 Å². The molecule has 0 aliphatic heterocycles. The zero-order valence-electron chi connectivity index (χ0n) is 9.90. The van der Waals surface area contributed by atoms with Crippen molar-refractivity contribution in [3.63, 3.8) is 0 Å². The molecule has 0 aromatic carbocycles. The molecule has 0 aromatic heterocycles. The molecule has 4 heteroatoms. The summed E-state index contributed by atoms with van der Waals surface area (Å²) >= 11 is 0. The molecule has 0 spiro atoms. The van der Waals surface area contributed by atoms with Gasteiger partial charge < -0.3 is 9.47 Å². The lowest BCUT2D eigenvalue weighted by Gasteiger charge is -2.09. The van der Waals surface area contributed by atoms with E-state index in [0.29, 0.717) is 12.8 Å².